The molecule has 1 fully saturated rings. The lowest BCUT2D eigenvalue weighted by atomic mass is 10.1. The first-order valence-corrected chi connectivity index (χ1v) is 8.41. The number of ether oxygens (including phenoxy) is 1. The molecule has 1 aliphatic heterocycles. The lowest BCUT2D eigenvalue weighted by Crippen LogP contribution is -2.51. The van der Waals surface area contributed by atoms with Crippen LogP contribution in [0.4, 0.5) is 5.69 Å². The monoisotopic (exact) mass is 338 g/mol. The third kappa shape index (κ3) is 3.82. The van der Waals surface area contributed by atoms with E-state index < -0.39 is 16.9 Å². The molecular formula is C15H18N2O5S. The van der Waals surface area contributed by atoms with Crippen molar-refractivity contribution in [2.45, 2.75) is 19.9 Å². The predicted molar refractivity (Wildman–Crippen MR) is 86.6 cm³/mol. The highest BCUT2D eigenvalue weighted by molar-refractivity contribution is 7.99. The molecule has 7 nitrogen and oxygen atoms in total. The summed E-state index contributed by atoms with van der Waals surface area (Å²) in [7, 11) is 0. The maximum absolute atomic E-state index is 12.7. The van der Waals surface area contributed by atoms with E-state index in [0.717, 1.165) is 5.75 Å². The molecular weight excluding hydrogens is 320 g/mol. The van der Waals surface area contributed by atoms with Crippen LogP contribution in [0, 0.1) is 17.0 Å². The fraction of sp³-hybridized carbons (Fsp3) is 0.467. The van der Waals surface area contributed by atoms with Crippen LogP contribution < -0.4 is 0 Å². The molecule has 0 saturated carbocycles. The Bertz CT molecular complexity index is 634. The second-order valence-corrected chi connectivity index (χ2v) is 6.25. The van der Waals surface area contributed by atoms with E-state index in [0.29, 0.717) is 23.4 Å². The molecule has 0 radical (unpaired) electrons. The predicted octanol–water partition coefficient (Wildman–Crippen LogP) is 2.02. The standard InChI is InChI=1S/C15H18N2O5S/c1-3-22-15(19)13-9-23-7-6-16(13)14(18)11-4-5-12(17(20)21)10(2)8-11/h4-5,8,13H,3,6-7,9H2,1-2H3. The number of hydrogen-bond donors (Lipinski definition) is 0. The Labute approximate surface area is 138 Å². The fourth-order valence-electron chi connectivity index (χ4n) is 2.44. The van der Waals surface area contributed by atoms with Crippen molar-refractivity contribution in [2.75, 3.05) is 24.7 Å². The van der Waals surface area contributed by atoms with Gasteiger partial charge in [-0.2, -0.15) is 11.8 Å². The van der Waals surface area contributed by atoms with Crippen molar-refractivity contribution in [1.29, 1.82) is 0 Å². The van der Waals surface area contributed by atoms with Gasteiger partial charge in [0.25, 0.3) is 11.6 Å². The molecule has 0 aromatic heterocycles. The van der Waals surface area contributed by atoms with Crippen LogP contribution in [-0.4, -0.2) is 52.4 Å². The van der Waals surface area contributed by atoms with E-state index in [1.165, 1.54) is 23.1 Å². The molecule has 8 heteroatoms. The molecule has 2 rings (SSSR count). The SMILES string of the molecule is CCOC(=O)C1CSCCN1C(=O)c1ccc([N+](=O)[O-])c(C)c1. The highest BCUT2D eigenvalue weighted by atomic mass is 32.2. The van der Waals surface area contributed by atoms with Crippen LogP contribution in [0.1, 0.15) is 22.8 Å². The van der Waals surface area contributed by atoms with Gasteiger partial charge in [0.15, 0.2) is 0 Å². The number of nitrogens with zero attached hydrogens (tertiary/aromatic N) is 2. The molecule has 0 aliphatic carbocycles. The van der Waals surface area contributed by atoms with Crippen molar-refractivity contribution >= 4 is 29.3 Å². The van der Waals surface area contributed by atoms with E-state index in [-0.39, 0.29) is 18.2 Å². The summed E-state index contributed by atoms with van der Waals surface area (Å²) in [5.74, 6) is 0.525. The number of hydrogen-bond acceptors (Lipinski definition) is 6. The number of carbonyl (C=O) groups is 2. The molecule has 0 spiro atoms. The van der Waals surface area contributed by atoms with Gasteiger partial charge < -0.3 is 9.64 Å². The van der Waals surface area contributed by atoms with Crippen molar-refractivity contribution in [1.82, 2.24) is 4.90 Å². The number of benzene rings is 1. The summed E-state index contributed by atoms with van der Waals surface area (Å²) >= 11 is 1.60. The number of nitro groups is 1. The Morgan fingerprint density at radius 1 is 1.48 bits per heavy atom. The lowest BCUT2D eigenvalue weighted by Gasteiger charge is -2.33. The first-order chi connectivity index (χ1) is 11.0. The molecule has 0 bridgehead atoms. The Morgan fingerprint density at radius 2 is 2.22 bits per heavy atom. The summed E-state index contributed by atoms with van der Waals surface area (Å²) in [5.41, 5.74) is 0.729. The van der Waals surface area contributed by atoms with Gasteiger partial charge in [-0.1, -0.05) is 0 Å². The van der Waals surface area contributed by atoms with Crippen LogP contribution in [-0.2, 0) is 9.53 Å². The van der Waals surface area contributed by atoms with E-state index in [4.69, 9.17) is 4.74 Å². The highest BCUT2D eigenvalue weighted by Crippen LogP contribution is 2.23. The van der Waals surface area contributed by atoms with Crippen LogP contribution in [0.5, 0.6) is 0 Å². The van der Waals surface area contributed by atoms with Gasteiger partial charge in [0.1, 0.15) is 6.04 Å². The Hall–Kier alpha value is -2.09. The number of thioether (sulfide) groups is 1. The number of aryl methyl sites for hydroxylation is 1. The van der Waals surface area contributed by atoms with Crippen LogP contribution in [0.2, 0.25) is 0 Å². The molecule has 0 N–H and O–H groups in total. The van der Waals surface area contributed by atoms with E-state index >= 15 is 0 Å². The van der Waals surface area contributed by atoms with Gasteiger partial charge in [-0.15, -0.1) is 0 Å². The Balaban J connectivity index is 2.25. The van der Waals surface area contributed by atoms with Crippen LogP contribution in [0.15, 0.2) is 18.2 Å². The minimum atomic E-state index is -0.614. The molecule has 1 aromatic rings. The maximum Gasteiger partial charge on any atom is 0.329 e. The van der Waals surface area contributed by atoms with Crippen LogP contribution >= 0.6 is 11.8 Å². The minimum absolute atomic E-state index is 0.0299. The van der Waals surface area contributed by atoms with E-state index in [9.17, 15) is 19.7 Å². The van der Waals surface area contributed by atoms with Crippen molar-refractivity contribution < 1.29 is 19.2 Å². The molecule has 1 unspecified atom stereocenters. The summed E-state index contributed by atoms with van der Waals surface area (Å²) in [6.07, 6.45) is 0. The smallest absolute Gasteiger partial charge is 0.329 e. The van der Waals surface area contributed by atoms with Gasteiger partial charge in [-0.25, -0.2) is 4.79 Å². The van der Waals surface area contributed by atoms with Gasteiger partial charge >= 0.3 is 5.97 Å². The number of esters is 1. The van der Waals surface area contributed by atoms with Gasteiger partial charge in [0, 0.05) is 35.2 Å². The molecule has 1 aromatic carbocycles. The minimum Gasteiger partial charge on any atom is -0.464 e. The van der Waals surface area contributed by atoms with Crippen LogP contribution in [0.3, 0.4) is 0 Å². The number of carbonyl (C=O) groups excluding carboxylic acids is 2. The quantitative estimate of drug-likeness (QED) is 0.474. The summed E-state index contributed by atoms with van der Waals surface area (Å²) in [6, 6.07) is 3.62. The number of rotatable bonds is 4. The van der Waals surface area contributed by atoms with Gasteiger partial charge in [-0.05, 0) is 26.0 Å². The largest absolute Gasteiger partial charge is 0.464 e. The first-order valence-electron chi connectivity index (χ1n) is 7.26. The second kappa shape index (κ2) is 7.45. The van der Waals surface area contributed by atoms with Gasteiger partial charge in [0.05, 0.1) is 11.5 Å². The van der Waals surface area contributed by atoms with E-state index in [1.54, 1.807) is 25.6 Å². The fourth-order valence-corrected chi connectivity index (χ4v) is 3.47. The molecule has 23 heavy (non-hydrogen) atoms. The molecule has 1 atom stereocenters. The van der Waals surface area contributed by atoms with Crippen molar-refractivity contribution in [2.24, 2.45) is 0 Å². The third-order valence-electron chi connectivity index (χ3n) is 3.59. The molecule has 1 amide bonds. The van der Waals surface area contributed by atoms with Crippen molar-refractivity contribution in [3.05, 3.63) is 39.4 Å². The summed E-state index contributed by atoms with van der Waals surface area (Å²) < 4.78 is 5.04. The van der Waals surface area contributed by atoms with Gasteiger partial charge in [0.2, 0.25) is 0 Å². The summed E-state index contributed by atoms with van der Waals surface area (Å²) in [4.78, 5) is 36.6. The Kier molecular flexibility index (Phi) is 5.59. The number of nitro benzene ring substituents is 1. The summed E-state index contributed by atoms with van der Waals surface area (Å²) in [5, 5.41) is 10.9. The summed E-state index contributed by atoms with van der Waals surface area (Å²) in [6.45, 7) is 4.02. The van der Waals surface area contributed by atoms with E-state index in [1.807, 2.05) is 0 Å². The third-order valence-corrected chi connectivity index (χ3v) is 4.61. The van der Waals surface area contributed by atoms with Crippen molar-refractivity contribution in [3.8, 4) is 0 Å². The van der Waals surface area contributed by atoms with E-state index in [2.05, 4.69) is 0 Å². The molecule has 124 valence electrons. The highest BCUT2D eigenvalue weighted by Gasteiger charge is 2.34. The zero-order chi connectivity index (χ0) is 17.0. The average Bonchev–Trinajstić information content (AvgIpc) is 2.54. The maximum atomic E-state index is 12.7. The van der Waals surface area contributed by atoms with Crippen molar-refractivity contribution in [3.63, 3.8) is 0 Å². The number of amides is 1. The average molecular weight is 338 g/mol. The zero-order valence-corrected chi connectivity index (χ0v) is 13.8. The molecule has 1 heterocycles. The first kappa shape index (κ1) is 17.3. The van der Waals surface area contributed by atoms with Crippen LogP contribution in [0.25, 0.3) is 0 Å². The van der Waals surface area contributed by atoms with Gasteiger partial charge in [-0.3, -0.25) is 14.9 Å². The second-order valence-electron chi connectivity index (χ2n) is 5.10. The zero-order valence-electron chi connectivity index (χ0n) is 13.0. The normalized spacial score (nSPS) is 17.7. The molecule has 1 saturated heterocycles. The Morgan fingerprint density at radius 3 is 2.83 bits per heavy atom. The lowest BCUT2D eigenvalue weighted by molar-refractivity contribution is -0.385. The molecule has 1 aliphatic rings. The topological polar surface area (TPSA) is 89.8 Å².